The number of guanidine groups is 1. The van der Waals surface area contributed by atoms with Gasteiger partial charge in [0.15, 0.2) is 17.5 Å². The van der Waals surface area contributed by atoms with Crippen LogP contribution in [0.2, 0.25) is 0 Å². The third-order valence-electron chi connectivity index (χ3n) is 5.61. The molecule has 1 aromatic rings. The molecule has 1 heterocycles. The van der Waals surface area contributed by atoms with Crippen molar-refractivity contribution in [1.29, 1.82) is 0 Å². The van der Waals surface area contributed by atoms with Gasteiger partial charge in [-0.25, -0.2) is 0 Å². The number of nitrogens with one attached hydrogen (secondary N) is 2. The maximum Gasteiger partial charge on any atom is 0.191 e. The Kier molecular flexibility index (Phi) is 7.21. The lowest BCUT2D eigenvalue weighted by atomic mass is 10.2. The van der Waals surface area contributed by atoms with Crippen LogP contribution < -0.4 is 20.1 Å². The van der Waals surface area contributed by atoms with Gasteiger partial charge < -0.3 is 20.1 Å². The number of hydrogen-bond donors (Lipinski definition) is 2. The van der Waals surface area contributed by atoms with Crippen molar-refractivity contribution in [2.75, 3.05) is 33.9 Å². The summed E-state index contributed by atoms with van der Waals surface area (Å²) in [5, 5.41) is 7.02. The van der Waals surface area contributed by atoms with Gasteiger partial charge in [-0.1, -0.05) is 18.9 Å². The summed E-state index contributed by atoms with van der Waals surface area (Å²) in [5.74, 6) is 2.41. The summed E-state index contributed by atoms with van der Waals surface area (Å²) in [4.78, 5) is 7.06. The molecule has 6 nitrogen and oxygen atoms in total. The van der Waals surface area contributed by atoms with Gasteiger partial charge in [-0.05, 0) is 43.9 Å². The molecule has 150 valence electrons. The Bertz CT molecular complexity index is 629. The molecule has 0 aromatic heterocycles. The van der Waals surface area contributed by atoms with E-state index in [1.807, 2.05) is 26.1 Å². The van der Waals surface area contributed by atoms with Crippen molar-refractivity contribution in [2.24, 2.45) is 4.99 Å². The van der Waals surface area contributed by atoms with E-state index in [1.54, 1.807) is 7.11 Å². The van der Waals surface area contributed by atoms with Crippen LogP contribution in [0.3, 0.4) is 0 Å². The van der Waals surface area contributed by atoms with Gasteiger partial charge in [0, 0.05) is 38.8 Å². The highest BCUT2D eigenvalue weighted by atomic mass is 16.5. The Hall–Kier alpha value is -1.95. The molecule has 1 aromatic carbocycles. The lowest BCUT2D eigenvalue weighted by Crippen LogP contribution is -2.45. The zero-order chi connectivity index (χ0) is 19.1. The van der Waals surface area contributed by atoms with Gasteiger partial charge in [0.1, 0.15) is 0 Å². The molecule has 2 N–H and O–H groups in total. The topological polar surface area (TPSA) is 58.1 Å². The van der Waals surface area contributed by atoms with Crippen LogP contribution in [-0.2, 0) is 6.54 Å². The molecule has 1 saturated carbocycles. The molecule has 0 bridgehead atoms. The first-order chi connectivity index (χ1) is 13.2. The first-order valence-electron chi connectivity index (χ1n) is 10.2. The molecule has 1 aliphatic carbocycles. The predicted molar refractivity (Wildman–Crippen MR) is 110 cm³/mol. The van der Waals surface area contributed by atoms with Gasteiger partial charge in [0.2, 0.25) is 0 Å². The minimum atomic E-state index is 0.478. The number of aliphatic imine (C=N–C) groups is 1. The summed E-state index contributed by atoms with van der Waals surface area (Å²) in [5.41, 5.74) is 1.14. The van der Waals surface area contributed by atoms with Crippen molar-refractivity contribution in [1.82, 2.24) is 15.5 Å². The van der Waals surface area contributed by atoms with Gasteiger partial charge in [0.05, 0.1) is 13.7 Å². The monoisotopic (exact) mass is 374 g/mol. The minimum absolute atomic E-state index is 0.478. The third kappa shape index (κ3) is 5.28. The highest BCUT2D eigenvalue weighted by Crippen LogP contribution is 2.28. The van der Waals surface area contributed by atoms with E-state index in [9.17, 15) is 0 Å². The van der Waals surface area contributed by atoms with Gasteiger partial charge in [-0.3, -0.25) is 9.89 Å². The number of hydrogen-bond acceptors (Lipinski definition) is 4. The first-order valence-corrected chi connectivity index (χ1v) is 10.2. The Morgan fingerprint density at radius 3 is 2.74 bits per heavy atom. The largest absolute Gasteiger partial charge is 0.493 e. The fourth-order valence-electron chi connectivity index (χ4n) is 4.18. The van der Waals surface area contributed by atoms with Crippen LogP contribution >= 0.6 is 0 Å². The summed E-state index contributed by atoms with van der Waals surface area (Å²) in [6, 6.07) is 7.32. The van der Waals surface area contributed by atoms with Crippen molar-refractivity contribution < 1.29 is 9.47 Å². The zero-order valence-electron chi connectivity index (χ0n) is 17.0. The lowest BCUT2D eigenvalue weighted by molar-refractivity contribution is 0.242. The van der Waals surface area contributed by atoms with E-state index >= 15 is 0 Å². The molecule has 6 heteroatoms. The van der Waals surface area contributed by atoms with E-state index in [0.29, 0.717) is 19.2 Å². The fraction of sp³-hybridized carbons (Fsp3) is 0.667. The molecule has 3 rings (SSSR count). The summed E-state index contributed by atoms with van der Waals surface area (Å²) < 4.78 is 11.0. The maximum absolute atomic E-state index is 5.67. The molecule has 1 unspecified atom stereocenters. The van der Waals surface area contributed by atoms with E-state index in [1.165, 1.54) is 38.6 Å². The number of methoxy groups -OCH3 is 1. The molecule has 2 aliphatic rings. The van der Waals surface area contributed by atoms with Gasteiger partial charge in [-0.15, -0.1) is 0 Å². The van der Waals surface area contributed by atoms with Crippen molar-refractivity contribution in [3.05, 3.63) is 23.8 Å². The predicted octanol–water partition coefficient (Wildman–Crippen LogP) is 2.78. The van der Waals surface area contributed by atoms with Crippen molar-refractivity contribution in [3.63, 3.8) is 0 Å². The average Bonchev–Trinajstić information content (AvgIpc) is 3.37. The molecule has 1 aliphatic heterocycles. The molecule has 0 spiro atoms. The van der Waals surface area contributed by atoms with E-state index in [-0.39, 0.29) is 0 Å². The second-order valence-corrected chi connectivity index (χ2v) is 7.41. The van der Waals surface area contributed by atoms with Crippen LogP contribution in [0.15, 0.2) is 23.2 Å². The summed E-state index contributed by atoms with van der Waals surface area (Å²) >= 11 is 0. The molecule has 2 fully saturated rings. The van der Waals surface area contributed by atoms with Crippen LogP contribution in [0.5, 0.6) is 11.5 Å². The van der Waals surface area contributed by atoms with Crippen LogP contribution in [0.1, 0.15) is 44.6 Å². The van der Waals surface area contributed by atoms with E-state index < -0.39 is 0 Å². The normalized spacial score (nSPS) is 21.4. The van der Waals surface area contributed by atoms with Gasteiger partial charge >= 0.3 is 0 Å². The molecule has 0 radical (unpaired) electrons. The highest BCUT2D eigenvalue weighted by Gasteiger charge is 2.30. The molecule has 1 atom stereocenters. The summed E-state index contributed by atoms with van der Waals surface area (Å²) in [7, 11) is 3.50. The summed E-state index contributed by atoms with van der Waals surface area (Å²) in [6.07, 6.45) is 6.73. The number of nitrogens with zero attached hydrogens (tertiary/aromatic N) is 2. The minimum Gasteiger partial charge on any atom is -0.493 e. The smallest absolute Gasteiger partial charge is 0.191 e. The molecular weight excluding hydrogens is 340 g/mol. The second kappa shape index (κ2) is 9.83. The zero-order valence-corrected chi connectivity index (χ0v) is 17.0. The number of rotatable bonds is 7. The van der Waals surface area contributed by atoms with Crippen LogP contribution in [0, 0.1) is 0 Å². The Labute approximate surface area is 163 Å². The standard InChI is InChI=1S/C21H34N4O2/c1-4-27-20-13-16(9-10-19(20)26-3)14-23-21(22-2)24-17-11-12-25(15-17)18-7-5-6-8-18/h9-10,13,17-18H,4-8,11-12,14-15H2,1-3H3,(H2,22,23,24). The first kappa shape index (κ1) is 19.8. The van der Waals surface area contributed by atoms with Crippen LogP contribution in [0.4, 0.5) is 0 Å². The molecular formula is C21H34N4O2. The van der Waals surface area contributed by atoms with E-state index in [4.69, 9.17) is 9.47 Å². The fourth-order valence-corrected chi connectivity index (χ4v) is 4.18. The SMILES string of the molecule is CCOc1cc(CNC(=NC)NC2CCN(C3CCCC3)C2)ccc1OC. The average molecular weight is 375 g/mol. The summed E-state index contributed by atoms with van der Waals surface area (Å²) in [6.45, 7) is 5.63. The molecule has 0 amide bonds. The maximum atomic E-state index is 5.67. The quantitative estimate of drug-likeness (QED) is 0.568. The van der Waals surface area contributed by atoms with E-state index in [0.717, 1.165) is 35.6 Å². The van der Waals surface area contributed by atoms with Crippen molar-refractivity contribution in [2.45, 2.75) is 57.7 Å². The second-order valence-electron chi connectivity index (χ2n) is 7.41. The Morgan fingerprint density at radius 1 is 1.22 bits per heavy atom. The van der Waals surface area contributed by atoms with Crippen LogP contribution in [-0.4, -0.2) is 56.8 Å². The number of benzene rings is 1. The lowest BCUT2D eigenvalue weighted by Gasteiger charge is -2.24. The van der Waals surface area contributed by atoms with Gasteiger partial charge in [-0.2, -0.15) is 0 Å². The highest BCUT2D eigenvalue weighted by molar-refractivity contribution is 5.80. The van der Waals surface area contributed by atoms with Crippen LogP contribution in [0.25, 0.3) is 0 Å². The Morgan fingerprint density at radius 2 is 2.04 bits per heavy atom. The Balaban J connectivity index is 1.50. The molecule has 27 heavy (non-hydrogen) atoms. The van der Waals surface area contributed by atoms with E-state index in [2.05, 4.69) is 26.6 Å². The number of ether oxygens (including phenoxy) is 2. The van der Waals surface area contributed by atoms with Gasteiger partial charge in [0.25, 0.3) is 0 Å². The third-order valence-corrected chi connectivity index (χ3v) is 5.61. The number of likely N-dealkylation sites (tertiary alicyclic amines) is 1. The van der Waals surface area contributed by atoms with Crippen molar-refractivity contribution >= 4 is 5.96 Å². The van der Waals surface area contributed by atoms with Crippen molar-refractivity contribution in [3.8, 4) is 11.5 Å². The molecule has 1 saturated heterocycles.